The summed E-state index contributed by atoms with van der Waals surface area (Å²) in [6, 6.07) is 53.2. The minimum absolute atomic E-state index is 0.612. The van der Waals surface area contributed by atoms with Gasteiger partial charge in [-0.1, -0.05) is 127 Å². The van der Waals surface area contributed by atoms with E-state index in [1.165, 1.54) is 25.6 Å². The molecular weight excluding hydrogens is 631 g/mol. The van der Waals surface area contributed by atoms with Gasteiger partial charge in [0.15, 0.2) is 17.5 Å². The Kier molecular flexibility index (Phi) is 5.80. The Morgan fingerprint density at radius 1 is 0.400 bits per heavy atom. The van der Waals surface area contributed by atoms with Crippen molar-refractivity contribution in [3.63, 3.8) is 0 Å². The van der Waals surface area contributed by atoms with Crippen molar-refractivity contribution in [1.82, 2.24) is 15.0 Å². The van der Waals surface area contributed by atoms with Gasteiger partial charge in [-0.3, -0.25) is 0 Å². The van der Waals surface area contributed by atoms with Gasteiger partial charge in [0.2, 0.25) is 0 Å². The van der Waals surface area contributed by atoms with Crippen LogP contribution < -0.4 is 0 Å². The number of benzene rings is 8. The fourth-order valence-corrected chi connectivity index (χ4v) is 8.72. The highest BCUT2D eigenvalue weighted by molar-refractivity contribution is 7.25. The van der Waals surface area contributed by atoms with Crippen molar-refractivity contribution in [2.45, 2.75) is 0 Å². The van der Waals surface area contributed by atoms with Gasteiger partial charge in [-0.15, -0.1) is 11.3 Å². The predicted octanol–water partition coefficient (Wildman–Crippen LogP) is 12.6. The fraction of sp³-hybridized carbons (Fsp3) is 0. The van der Waals surface area contributed by atoms with Crippen LogP contribution in [0, 0.1) is 0 Å². The monoisotopic (exact) mass is 655 g/mol. The predicted molar refractivity (Wildman–Crippen MR) is 209 cm³/mol. The highest BCUT2D eigenvalue weighted by Gasteiger charge is 2.23. The van der Waals surface area contributed by atoms with E-state index in [9.17, 15) is 0 Å². The van der Waals surface area contributed by atoms with E-state index in [-0.39, 0.29) is 0 Å². The molecule has 0 amide bonds. The van der Waals surface area contributed by atoms with Gasteiger partial charge in [0.05, 0.1) is 0 Å². The zero-order valence-corrected chi connectivity index (χ0v) is 27.4. The number of fused-ring (bicyclic) bond motifs is 12. The Hall–Kier alpha value is -6.43. The van der Waals surface area contributed by atoms with E-state index in [4.69, 9.17) is 19.4 Å². The van der Waals surface area contributed by atoms with Crippen LogP contribution in [0.5, 0.6) is 0 Å². The van der Waals surface area contributed by atoms with E-state index in [1.807, 2.05) is 18.2 Å². The molecule has 0 atom stereocenters. The maximum absolute atomic E-state index is 6.88. The van der Waals surface area contributed by atoms with Crippen LogP contribution in [0.4, 0.5) is 0 Å². The molecule has 0 spiro atoms. The molecule has 50 heavy (non-hydrogen) atoms. The van der Waals surface area contributed by atoms with E-state index >= 15 is 0 Å². The number of aromatic nitrogens is 3. The molecule has 8 aromatic carbocycles. The third kappa shape index (κ3) is 4.08. The lowest BCUT2D eigenvalue weighted by molar-refractivity contribution is 0.673. The molecule has 232 valence electrons. The van der Waals surface area contributed by atoms with Crippen LogP contribution in [-0.2, 0) is 0 Å². The smallest absolute Gasteiger partial charge is 0.164 e. The first kappa shape index (κ1) is 27.5. The lowest BCUT2D eigenvalue weighted by Crippen LogP contribution is -2.00. The van der Waals surface area contributed by atoms with Gasteiger partial charge in [0, 0.05) is 53.0 Å². The second-order valence-electron chi connectivity index (χ2n) is 12.8. The minimum Gasteiger partial charge on any atom is -0.455 e. The first-order valence-electron chi connectivity index (χ1n) is 16.7. The molecular formula is C45H25N3OS. The summed E-state index contributed by atoms with van der Waals surface area (Å²) in [6.45, 7) is 0. The number of thiophene rings is 1. The van der Waals surface area contributed by atoms with E-state index in [1.54, 1.807) is 11.3 Å². The Morgan fingerprint density at radius 2 is 1.02 bits per heavy atom. The van der Waals surface area contributed by atoms with Gasteiger partial charge in [0.1, 0.15) is 11.2 Å². The Balaban J connectivity index is 1.26. The first-order valence-corrected chi connectivity index (χ1v) is 17.5. The van der Waals surface area contributed by atoms with Crippen molar-refractivity contribution in [1.29, 1.82) is 0 Å². The second kappa shape index (κ2) is 10.5. The fourth-order valence-electron chi connectivity index (χ4n) is 7.57. The molecule has 0 saturated heterocycles. The van der Waals surface area contributed by atoms with Gasteiger partial charge in [-0.25, -0.2) is 15.0 Å². The summed E-state index contributed by atoms with van der Waals surface area (Å²) in [5, 5.41) is 11.4. The average molecular weight is 656 g/mol. The highest BCUT2D eigenvalue weighted by atomic mass is 32.1. The zero-order valence-electron chi connectivity index (χ0n) is 26.6. The molecule has 3 heterocycles. The standard InChI is InChI=1S/C45H25N3OS/c1-2-12-28(13-3-1)43-46-44(30-20-22-34-33-16-8-9-17-37(33)50-38(34)25-30)48-45(47-43)35-24-29-19-18-26-10-4-6-14-31(26)39(29)42-41(35)40-32-15-7-5-11-27(32)21-23-36(40)49-42/h1-25H. The lowest BCUT2D eigenvalue weighted by atomic mass is 9.94. The molecule has 0 aliphatic carbocycles. The molecule has 0 fully saturated rings. The third-order valence-corrected chi connectivity index (χ3v) is 11.0. The normalized spacial score (nSPS) is 12.0. The molecule has 0 radical (unpaired) electrons. The molecule has 0 aliphatic rings. The van der Waals surface area contributed by atoms with Crippen LogP contribution in [0.1, 0.15) is 0 Å². The van der Waals surface area contributed by atoms with E-state index in [2.05, 4.69) is 133 Å². The second-order valence-corrected chi connectivity index (χ2v) is 13.8. The quantitative estimate of drug-likeness (QED) is 0.178. The van der Waals surface area contributed by atoms with Gasteiger partial charge in [-0.05, 0) is 51.2 Å². The Bertz CT molecular complexity index is 3160. The van der Waals surface area contributed by atoms with E-state index < -0.39 is 0 Å². The Labute approximate surface area is 289 Å². The lowest BCUT2D eigenvalue weighted by Gasteiger charge is -2.12. The van der Waals surface area contributed by atoms with Crippen molar-refractivity contribution in [3.8, 4) is 34.2 Å². The topological polar surface area (TPSA) is 51.8 Å². The largest absolute Gasteiger partial charge is 0.455 e. The SMILES string of the molecule is c1ccc(-c2nc(-c3ccc4c(c3)sc3ccccc34)nc(-c3cc4ccc5ccccc5c4c4oc5ccc6ccccc6c5c34)n2)cc1. The van der Waals surface area contributed by atoms with Crippen molar-refractivity contribution < 1.29 is 4.42 Å². The van der Waals surface area contributed by atoms with Gasteiger partial charge in [-0.2, -0.15) is 0 Å². The molecule has 3 aromatic heterocycles. The molecule has 11 rings (SSSR count). The molecule has 5 heteroatoms. The maximum atomic E-state index is 6.88. The number of furan rings is 1. The van der Waals surface area contributed by atoms with E-state index in [0.29, 0.717) is 17.5 Å². The van der Waals surface area contributed by atoms with Crippen LogP contribution in [0.25, 0.3) is 109 Å². The summed E-state index contributed by atoms with van der Waals surface area (Å²) in [7, 11) is 0. The van der Waals surface area contributed by atoms with Crippen molar-refractivity contribution >= 4 is 85.8 Å². The zero-order chi connectivity index (χ0) is 32.8. The summed E-state index contributed by atoms with van der Waals surface area (Å²) in [5.74, 6) is 1.88. The van der Waals surface area contributed by atoms with Crippen LogP contribution in [-0.4, -0.2) is 15.0 Å². The first-order chi connectivity index (χ1) is 24.8. The van der Waals surface area contributed by atoms with Crippen molar-refractivity contribution in [2.75, 3.05) is 0 Å². The minimum atomic E-state index is 0.612. The molecule has 11 aromatic rings. The van der Waals surface area contributed by atoms with Crippen LogP contribution in [0.3, 0.4) is 0 Å². The van der Waals surface area contributed by atoms with Gasteiger partial charge >= 0.3 is 0 Å². The summed E-state index contributed by atoms with van der Waals surface area (Å²) in [5.41, 5.74) is 4.49. The molecule has 0 N–H and O–H groups in total. The molecule has 0 unspecified atom stereocenters. The van der Waals surface area contributed by atoms with Crippen molar-refractivity contribution in [2.24, 2.45) is 0 Å². The summed E-state index contributed by atoms with van der Waals surface area (Å²) in [6.07, 6.45) is 0. The van der Waals surface area contributed by atoms with Gasteiger partial charge in [0.25, 0.3) is 0 Å². The van der Waals surface area contributed by atoms with Crippen LogP contribution in [0.15, 0.2) is 156 Å². The Morgan fingerprint density at radius 3 is 1.84 bits per heavy atom. The third-order valence-electron chi connectivity index (χ3n) is 9.88. The average Bonchev–Trinajstić information content (AvgIpc) is 3.76. The number of hydrogen-bond donors (Lipinski definition) is 0. The highest BCUT2D eigenvalue weighted by Crippen LogP contribution is 2.45. The summed E-state index contributed by atoms with van der Waals surface area (Å²) < 4.78 is 9.36. The molecule has 0 bridgehead atoms. The summed E-state index contributed by atoms with van der Waals surface area (Å²) >= 11 is 1.80. The number of hydrogen-bond acceptors (Lipinski definition) is 5. The van der Waals surface area contributed by atoms with Crippen molar-refractivity contribution in [3.05, 3.63) is 152 Å². The number of nitrogens with zero attached hydrogens (tertiary/aromatic N) is 3. The molecule has 0 saturated carbocycles. The van der Waals surface area contributed by atoms with Gasteiger partial charge < -0.3 is 4.42 Å². The molecule has 0 aliphatic heterocycles. The van der Waals surface area contributed by atoms with Crippen LogP contribution >= 0.6 is 11.3 Å². The summed E-state index contributed by atoms with van der Waals surface area (Å²) in [4.78, 5) is 15.6. The molecule has 4 nitrogen and oxygen atoms in total. The van der Waals surface area contributed by atoms with E-state index in [0.717, 1.165) is 65.6 Å². The number of rotatable bonds is 3. The maximum Gasteiger partial charge on any atom is 0.164 e. The van der Waals surface area contributed by atoms with Crippen LogP contribution in [0.2, 0.25) is 0 Å².